The molecular formula is C22H40O4. The van der Waals surface area contributed by atoms with Crippen molar-refractivity contribution in [2.75, 3.05) is 7.11 Å². The number of carbonyl (C=O) groups is 2. The highest BCUT2D eigenvalue weighted by Crippen LogP contribution is 2.13. The van der Waals surface area contributed by atoms with Crippen molar-refractivity contribution in [2.45, 2.75) is 103 Å². The second-order valence-corrected chi connectivity index (χ2v) is 7.15. The van der Waals surface area contributed by atoms with Crippen LogP contribution >= 0.6 is 0 Å². The van der Waals surface area contributed by atoms with Crippen molar-refractivity contribution in [1.29, 1.82) is 0 Å². The van der Waals surface area contributed by atoms with Gasteiger partial charge in [0.15, 0.2) is 5.92 Å². The highest BCUT2D eigenvalue weighted by atomic mass is 16.5. The molecule has 0 aromatic carbocycles. The summed E-state index contributed by atoms with van der Waals surface area (Å²) in [6.07, 6.45) is 22.6. The zero-order chi connectivity index (χ0) is 19.5. The first-order valence-electron chi connectivity index (χ1n) is 10.6. The summed E-state index contributed by atoms with van der Waals surface area (Å²) in [5.74, 6) is -3.05. The van der Waals surface area contributed by atoms with E-state index in [9.17, 15) is 9.59 Å². The summed E-state index contributed by atoms with van der Waals surface area (Å²) in [6.45, 7) is 2.26. The van der Waals surface area contributed by atoms with Crippen LogP contribution in [-0.2, 0) is 14.3 Å². The Balaban J connectivity index is 3.39. The molecule has 152 valence electrons. The lowest BCUT2D eigenvalue weighted by Gasteiger charge is -2.04. The molecule has 0 saturated carbocycles. The maximum absolute atomic E-state index is 11.3. The molecule has 0 rings (SSSR count). The van der Waals surface area contributed by atoms with Gasteiger partial charge in [-0.3, -0.25) is 9.59 Å². The van der Waals surface area contributed by atoms with Crippen LogP contribution in [0.1, 0.15) is 103 Å². The minimum Gasteiger partial charge on any atom is -0.480 e. The second-order valence-electron chi connectivity index (χ2n) is 7.15. The summed E-state index contributed by atoms with van der Waals surface area (Å²) >= 11 is 0. The smallest absolute Gasteiger partial charge is 0.323 e. The zero-order valence-corrected chi connectivity index (χ0v) is 17.0. The summed E-state index contributed by atoms with van der Waals surface area (Å²) in [5.41, 5.74) is 0. The number of unbranched alkanes of at least 4 members (excludes halogenated alkanes) is 14. The lowest BCUT2D eigenvalue weighted by molar-refractivity contribution is -0.154. The third kappa shape index (κ3) is 15.0. The Hall–Kier alpha value is -1.32. The number of rotatable bonds is 18. The molecule has 0 aliphatic heterocycles. The van der Waals surface area contributed by atoms with E-state index in [1.807, 2.05) is 0 Å². The first-order valence-corrected chi connectivity index (χ1v) is 10.6. The van der Waals surface area contributed by atoms with Gasteiger partial charge in [-0.1, -0.05) is 103 Å². The van der Waals surface area contributed by atoms with E-state index >= 15 is 0 Å². The van der Waals surface area contributed by atoms with Gasteiger partial charge < -0.3 is 9.84 Å². The fourth-order valence-electron chi connectivity index (χ4n) is 3.08. The molecule has 0 heterocycles. The van der Waals surface area contributed by atoms with Gasteiger partial charge in [-0.2, -0.15) is 0 Å². The Morgan fingerprint density at radius 3 is 1.62 bits per heavy atom. The van der Waals surface area contributed by atoms with Crippen LogP contribution in [0.15, 0.2) is 12.2 Å². The number of hydrogen-bond donors (Lipinski definition) is 1. The number of carboxylic acid groups (broad SMARTS) is 1. The molecule has 26 heavy (non-hydrogen) atoms. The van der Waals surface area contributed by atoms with E-state index in [1.165, 1.54) is 90.2 Å². The highest BCUT2D eigenvalue weighted by molar-refractivity contribution is 5.95. The topological polar surface area (TPSA) is 63.6 Å². The summed E-state index contributed by atoms with van der Waals surface area (Å²) in [7, 11) is 1.21. The van der Waals surface area contributed by atoms with Crippen LogP contribution in [0.2, 0.25) is 0 Å². The molecule has 0 spiro atoms. The average Bonchev–Trinajstić information content (AvgIpc) is 2.63. The number of carbonyl (C=O) groups excluding carboxylic acids is 1. The van der Waals surface area contributed by atoms with E-state index in [2.05, 4.69) is 11.7 Å². The maximum atomic E-state index is 11.3. The van der Waals surface area contributed by atoms with E-state index < -0.39 is 17.9 Å². The molecule has 0 radical (unpaired) electrons. The molecule has 1 atom stereocenters. The standard InChI is InChI=1S/C22H40O4/c1-3-4-5-6-7-8-9-10-11-12-13-14-15-16-17-18-19-20(21(23)24)22(25)26-2/h18-20H,3-17H2,1-2H3,(H,23,24). The molecule has 0 saturated heterocycles. The number of carboxylic acids is 1. The first-order chi connectivity index (χ1) is 12.6. The SMILES string of the molecule is CCCCCCCCCCCCCCCCC=CC(C(=O)O)C(=O)OC. The molecule has 4 heteroatoms. The third-order valence-corrected chi connectivity index (χ3v) is 4.77. The van der Waals surface area contributed by atoms with Crippen molar-refractivity contribution in [1.82, 2.24) is 0 Å². The molecule has 0 aromatic rings. The zero-order valence-electron chi connectivity index (χ0n) is 17.0. The quantitative estimate of drug-likeness (QED) is 0.134. The Morgan fingerprint density at radius 2 is 1.23 bits per heavy atom. The lowest BCUT2D eigenvalue weighted by atomic mass is 10.0. The maximum Gasteiger partial charge on any atom is 0.323 e. The second kappa shape index (κ2) is 18.5. The normalized spacial score (nSPS) is 12.4. The van der Waals surface area contributed by atoms with Crippen LogP contribution in [-0.4, -0.2) is 24.2 Å². The number of ether oxygens (including phenoxy) is 1. The number of esters is 1. The Bertz CT molecular complexity index is 376. The van der Waals surface area contributed by atoms with Gasteiger partial charge in [-0.15, -0.1) is 0 Å². The van der Waals surface area contributed by atoms with Crippen molar-refractivity contribution in [2.24, 2.45) is 5.92 Å². The number of hydrogen-bond acceptors (Lipinski definition) is 3. The van der Waals surface area contributed by atoms with Gasteiger partial charge in [-0.25, -0.2) is 0 Å². The first kappa shape index (κ1) is 24.7. The third-order valence-electron chi connectivity index (χ3n) is 4.77. The predicted octanol–water partition coefficient (Wildman–Crippen LogP) is 6.29. The van der Waals surface area contributed by atoms with Crippen molar-refractivity contribution in [3.63, 3.8) is 0 Å². The van der Waals surface area contributed by atoms with Gasteiger partial charge in [0, 0.05) is 0 Å². The van der Waals surface area contributed by atoms with Gasteiger partial charge in [-0.05, 0) is 12.8 Å². The Morgan fingerprint density at radius 1 is 0.808 bits per heavy atom. The molecule has 1 unspecified atom stereocenters. The Kier molecular flexibility index (Phi) is 17.5. The van der Waals surface area contributed by atoms with Gasteiger partial charge in [0.25, 0.3) is 0 Å². The predicted molar refractivity (Wildman–Crippen MR) is 107 cm³/mol. The van der Waals surface area contributed by atoms with E-state index in [0.717, 1.165) is 19.3 Å². The van der Waals surface area contributed by atoms with Crippen molar-refractivity contribution in [3.05, 3.63) is 12.2 Å². The lowest BCUT2D eigenvalue weighted by Crippen LogP contribution is -2.22. The molecular weight excluding hydrogens is 328 g/mol. The minimum atomic E-state index is -1.17. The summed E-state index contributed by atoms with van der Waals surface area (Å²) in [6, 6.07) is 0. The van der Waals surface area contributed by atoms with Gasteiger partial charge in [0.1, 0.15) is 0 Å². The van der Waals surface area contributed by atoms with Crippen LogP contribution in [0.4, 0.5) is 0 Å². The van der Waals surface area contributed by atoms with E-state index in [-0.39, 0.29) is 0 Å². The van der Waals surface area contributed by atoms with Crippen molar-refractivity contribution >= 4 is 11.9 Å². The Labute approximate surface area is 160 Å². The number of aliphatic carboxylic acids is 1. The van der Waals surface area contributed by atoms with Crippen LogP contribution in [0.25, 0.3) is 0 Å². The highest BCUT2D eigenvalue weighted by Gasteiger charge is 2.23. The largest absolute Gasteiger partial charge is 0.480 e. The van der Waals surface area contributed by atoms with Crippen LogP contribution in [0.3, 0.4) is 0 Å². The van der Waals surface area contributed by atoms with Crippen LogP contribution in [0, 0.1) is 5.92 Å². The molecule has 0 aliphatic carbocycles. The molecule has 0 aliphatic rings. The van der Waals surface area contributed by atoms with Crippen LogP contribution in [0.5, 0.6) is 0 Å². The molecule has 4 nitrogen and oxygen atoms in total. The fraction of sp³-hybridized carbons (Fsp3) is 0.818. The van der Waals surface area contributed by atoms with Gasteiger partial charge in [0.2, 0.25) is 0 Å². The van der Waals surface area contributed by atoms with E-state index in [0.29, 0.717) is 0 Å². The van der Waals surface area contributed by atoms with Gasteiger partial charge >= 0.3 is 11.9 Å². The molecule has 0 aromatic heterocycles. The van der Waals surface area contributed by atoms with Crippen molar-refractivity contribution in [3.8, 4) is 0 Å². The summed E-state index contributed by atoms with van der Waals surface area (Å²) < 4.78 is 4.48. The number of methoxy groups -OCH3 is 1. The molecule has 1 N–H and O–H groups in total. The van der Waals surface area contributed by atoms with Gasteiger partial charge in [0.05, 0.1) is 7.11 Å². The van der Waals surface area contributed by atoms with E-state index in [1.54, 1.807) is 6.08 Å². The van der Waals surface area contributed by atoms with E-state index in [4.69, 9.17) is 5.11 Å². The molecule has 0 amide bonds. The summed E-state index contributed by atoms with van der Waals surface area (Å²) in [5, 5.41) is 8.95. The van der Waals surface area contributed by atoms with Crippen molar-refractivity contribution < 1.29 is 19.4 Å². The minimum absolute atomic E-state index is 0.713. The molecule has 0 bridgehead atoms. The fourth-order valence-corrected chi connectivity index (χ4v) is 3.08. The monoisotopic (exact) mass is 368 g/mol. The number of allylic oxidation sites excluding steroid dienone is 1. The molecule has 0 fully saturated rings. The summed E-state index contributed by atoms with van der Waals surface area (Å²) in [4.78, 5) is 22.2. The van der Waals surface area contributed by atoms with Crippen LogP contribution < -0.4 is 0 Å². The average molecular weight is 369 g/mol.